The van der Waals surface area contributed by atoms with E-state index >= 15 is 0 Å². The number of amidine groups is 1. The highest BCUT2D eigenvalue weighted by Gasteiger charge is 2.30. The molecule has 1 aliphatic rings. The normalized spacial score (nSPS) is 20.5. The second-order valence-electron chi connectivity index (χ2n) is 5.50. The highest BCUT2D eigenvalue weighted by atomic mass is 16.5. The Morgan fingerprint density at radius 3 is 2.50 bits per heavy atom. The van der Waals surface area contributed by atoms with E-state index in [1.54, 1.807) is 7.11 Å². The first kappa shape index (κ1) is 14.3. The molecule has 22 heavy (non-hydrogen) atoms. The minimum absolute atomic E-state index is 0.505. The van der Waals surface area contributed by atoms with E-state index in [2.05, 4.69) is 22.1 Å². The van der Waals surface area contributed by atoms with E-state index < -0.39 is 5.66 Å². The average Bonchev–Trinajstić information content (AvgIpc) is 2.81. The summed E-state index contributed by atoms with van der Waals surface area (Å²) in [5.74, 6) is 1.35. The third-order valence-corrected chi connectivity index (χ3v) is 3.92. The van der Waals surface area contributed by atoms with Gasteiger partial charge in [0.2, 0.25) is 0 Å². The van der Waals surface area contributed by atoms with E-state index in [1.807, 2.05) is 50.2 Å². The standard InChI is InChI=1S/C18H19N3O/c1-12-17(19)21-18(2,20-12)14-8-6-7-13(11-14)15-9-4-5-10-16(15)22-3/h4-11H,1-3H3,(H2,19,21). The second kappa shape index (κ2) is 5.30. The lowest BCUT2D eigenvalue weighted by atomic mass is 9.96. The molecule has 3 rings (SSSR count). The van der Waals surface area contributed by atoms with E-state index in [0.29, 0.717) is 5.84 Å². The fourth-order valence-electron chi connectivity index (χ4n) is 2.72. The summed E-state index contributed by atoms with van der Waals surface area (Å²) in [6.07, 6.45) is 0. The summed E-state index contributed by atoms with van der Waals surface area (Å²) in [4.78, 5) is 9.11. The summed E-state index contributed by atoms with van der Waals surface area (Å²) >= 11 is 0. The molecule has 0 saturated carbocycles. The van der Waals surface area contributed by atoms with Crippen molar-refractivity contribution in [2.75, 3.05) is 7.11 Å². The van der Waals surface area contributed by atoms with Crippen LogP contribution in [0.15, 0.2) is 58.5 Å². The smallest absolute Gasteiger partial charge is 0.175 e. The molecule has 0 aromatic heterocycles. The molecule has 0 fully saturated rings. The number of para-hydroxylation sites is 1. The first-order valence-corrected chi connectivity index (χ1v) is 7.19. The number of methoxy groups -OCH3 is 1. The maximum Gasteiger partial charge on any atom is 0.175 e. The zero-order valence-corrected chi connectivity index (χ0v) is 13.0. The molecule has 112 valence electrons. The molecule has 2 aromatic carbocycles. The molecule has 2 aromatic rings. The molecule has 0 radical (unpaired) electrons. The fraction of sp³-hybridized carbons (Fsp3) is 0.222. The molecule has 0 saturated heterocycles. The summed E-state index contributed by atoms with van der Waals surface area (Å²) < 4.78 is 5.45. The monoisotopic (exact) mass is 293 g/mol. The summed E-state index contributed by atoms with van der Waals surface area (Å²) in [5, 5.41) is 0. The van der Waals surface area contributed by atoms with Gasteiger partial charge in [0.1, 0.15) is 11.6 Å². The largest absolute Gasteiger partial charge is 0.496 e. The Bertz CT molecular complexity index is 759. The van der Waals surface area contributed by atoms with Crippen LogP contribution in [-0.4, -0.2) is 18.7 Å². The van der Waals surface area contributed by atoms with Gasteiger partial charge in [-0.25, -0.2) is 4.99 Å². The maximum atomic E-state index is 5.89. The molecule has 4 heteroatoms. The highest BCUT2D eigenvalue weighted by Crippen LogP contribution is 2.35. The van der Waals surface area contributed by atoms with Gasteiger partial charge >= 0.3 is 0 Å². The lowest BCUT2D eigenvalue weighted by Gasteiger charge is -2.19. The van der Waals surface area contributed by atoms with Gasteiger partial charge in [-0.3, -0.25) is 4.99 Å². The zero-order valence-electron chi connectivity index (χ0n) is 13.0. The van der Waals surface area contributed by atoms with Crippen molar-refractivity contribution in [1.29, 1.82) is 0 Å². The van der Waals surface area contributed by atoms with Gasteiger partial charge in [-0.2, -0.15) is 0 Å². The Morgan fingerprint density at radius 2 is 1.82 bits per heavy atom. The van der Waals surface area contributed by atoms with Crippen molar-refractivity contribution in [1.82, 2.24) is 0 Å². The molecule has 1 heterocycles. The van der Waals surface area contributed by atoms with Gasteiger partial charge < -0.3 is 10.5 Å². The number of rotatable bonds is 3. The maximum absolute atomic E-state index is 5.89. The Labute approximate surface area is 130 Å². The lowest BCUT2D eigenvalue weighted by Crippen LogP contribution is -2.18. The Balaban J connectivity index is 2.08. The molecular weight excluding hydrogens is 274 g/mol. The van der Waals surface area contributed by atoms with E-state index in [1.165, 1.54) is 0 Å². The van der Waals surface area contributed by atoms with Crippen molar-refractivity contribution in [2.45, 2.75) is 19.5 Å². The van der Waals surface area contributed by atoms with Crippen molar-refractivity contribution in [3.05, 3.63) is 54.1 Å². The van der Waals surface area contributed by atoms with Crippen LogP contribution in [0.25, 0.3) is 11.1 Å². The number of nitrogens with zero attached hydrogens (tertiary/aromatic N) is 2. The lowest BCUT2D eigenvalue weighted by molar-refractivity contribution is 0.416. The molecular formula is C18H19N3O. The molecule has 0 spiro atoms. The third-order valence-electron chi connectivity index (χ3n) is 3.92. The van der Waals surface area contributed by atoms with Crippen LogP contribution in [0, 0.1) is 0 Å². The number of benzene rings is 2. The summed E-state index contributed by atoms with van der Waals surface area (Å²) in [6, 6.07) is 16.2. The van der Waals surface area contributed by atoms with E-state index in [9.17, 15) is 0 Å². The topological polar surface area (TPSA) is 60.0 Å². The second-order valence-corrected chi connectivity index (χ2v) is 5.50. The highest BCUT2D eigenvalue weighted by molar-refractivity contribution is 6.41. The van der Waals surface area contributed by atoms with Crippen molar-refractivity contribution in [3.63, 3.8) is 0 Å². The predicted octanol–water partition coefficient (Wildman–Crippen LogP) is 3.37. The van der Waals surface area contributed by atoms with Gasteiger partial charge in [0, 0.05) is 11.1 Å². The number of hydrogen-bond donors (Lipinski definition) is 1. The minimum Gasteiger partial charge on any atom is -0.496 e. The van der Waals surface area contributed by atoms with Gasteiger partial charge in [0.05, 0.1) is 12.8 Å². The van der Waals surface area contributed by atoms with Crippen LogP contribution < -0.4 is 10.5 Å². The molecule has 0 amide bonds. The van der Waals surface area contributed by atoms with E-state index in [4.69, 9.17) is 10.5 Å². The summed E-state index contributed by atoms with van der Waals surface area (Å²) in [5.41, 5.74) is 9.15. The molecule has 0 bridgehead atoms. The first-order valence-electron chi connectivity index (χ1n) is 7.19. The average molecular weight is 293 g/mol. The molecule has 1 aliphatic heterocycles. The van der Waals surface area contributed by atoms with Crippen molar-refractivity contribution in [2.24, 2.45) is 15.7 Å². The third kappa shape index (κ3) is 2.37. The van der Waals surface area contributed by atoms with E-state index in [0.717, 1.165) is 28.2 Å². The number of nitrogens with two attached hydrogens (primary N) is 1. The van der Waals surface area contributed by atoms with Crippen LogP contribution in [0.1, 0.15) is 19.4 Å². The number of hydrogen-bond acceptors (Lipinski definition) is 4. The van der Waals surface area contributed by atoms with Crippen LogP contribution in [0.5, 0.6) is 5.75 Å². The van der Waals surface area contributed by atoms with Crippen LogP contribution in [-0.2, 0) is 5.66 Å². The first-order chi connectivity index (χ1) is 10.5. The molecule has 4 nitrogen and oxygen atoms in total. The molecule has 2 N–H and O–H groups in total. The van der Waals surface area contributed by atoms with Crippen molar-refractivity contribution >= 4 is 11.5 Å². The van der Waals surface area contributed by atoms with Crippen LogP contribution in [0.3, 0.4) is 0 Å². The Hall–Kier alpha value is -2.62. The number of ether oxygens (including phenoxy) is 1. The van der Waals surface area contributed by atoms with Gasteiger partial charge in [-0.15, -0.1) is 0 Å². The van der Waals surface area contributed by atoms with Gasteiger partial charge in [0.25, 0.3) is 0 Å². The van der Waals surface area contributed by atoms with Crippen LogP contribution in [0.4, 0.5) is 0 Å². The quantitative estimate of drug-likeness (QED) is 0.943. The molecule has 1 unspecified atom stereocenters. The zero-order chi connectivity index (χ0) is 15.7. The molecule has 0 aliphatic carbocycles. The molecule has 1 atom stereocenters. The van der Waals surface area contributed by atoms with Crippen molar-refractivity contribution in [3.8, 4) is 16.9 Å². The summed E-state index contributed by atoms with van der Waals surface area (Å²) in [6.45, 7) is 3.85. The van der Waals surface area contributed by atoms with Gasteiger partial charge in [0.15, 0.2) is 5.66 Å². The fourth-order valence-corrected chi connectivity index (χ4v) is 2.72. The van der Waals surface area contributed by atoms with Crippen LogP contribution in [0.2, 0.25) is 0 Å². The number of aliphatic imine (C=N–C) groups is 2. The Morgan fingerprint density at radius 1 is 1.05 bits per heavy atom. The van der Waals surface area contributed by atoms with E-state index in [-0.39, 0.29) is 0 Å². The SMILES string of the molecule is COc1ccccc1-c1cccc(C2(C)N=C(C)C(N)=N2)c1. The minimum atomic E-state index is -0.647. The van der Waals surface area contributed by atoms with Crippen molar-refractivity contribution < 1.29 is 4.74 Å². The summed E-state index contributed by atoms with van der Waals surface area (Å²) in [7, 11) is 1.68. The van der Waals surface area contributed by atoms with Crippen LogP contribution >= 0.6 is 0 Å². The predicted molar refractivity (Wildman–Crippen MR) is 90.5 cm³/mol. The van der Waals surface area contributed by atoms with Gasteiger partial charge in [-0.1, -0.05) is 36.4 Å². The Kier molecular flexibility index (Phi) is 3.45. The van der Waals surface area contributed by atoms with Gasteiger partial charge in [-0.05, 0) is 31.5 Å².